The first kappa shape index (κ1) is 15.9. The van der Waals surface area contributed by atoms with Crippen molar-refractivity contribution in [2.75, 3.05) is 0 Å². The molecule has 0 bridgehead atoms. The summed E-state index contributed by atoms with van der Waals surface area (Å²) in [6.45, 7) is 11.5. The molecule has 0 saturated heterocycles. The van der Waals surface area contributed by atoms with Crippen LogP contribution in [0.1, 0.15) is 42.9 Å². The second-order valence-corrected chi connectivity index (χ2v) is 6.70. The number of allylic oxidation sites excluding steroid dienone is 1. The summed E-state index contributed by atoms with van der Waals surface area (Å²) in [6, 6.07) is 11.5. The quantitative estimate of drug-likeness (QED) is 0.370. The number of aryl methyl sites for hydroxylation is 3. The zero-order valence-corrected chi connectivity index (χ0v) is 14.7. The summed E-state index contributed by atoms with van der Waals surface area (Å²) < 4.78 is 2.44. The van der Waals surface area contributed by atoms with Crippen LogP contribution in [0, 0.1) is 13.8 Å². The molecule has 0 unspecified atom stereocenters. The molecule has 0 spiro atoms. The smallest absolute Gasteiger partial charge is 0.0527 e. The molecule has 120 valence electrons. The third-order valence-corrected chi connectivity index (χ3v) is 4.70. The van der Waals surface area contributed by atoms with Crippen molar-refractivity contribution < 1.29 is 0 Å². The van der Waals surface area contributed by atoms with E-state index in [0.717, 1.165) is 6.54 Å². The van der Waals surface area contributed by atoms with Crippen molar-refractivity contribution in [2.24, 2.45) is 0 Å². The van der Waals surface area contributed by atoms with Crippen LogP contribution < -0.4 is 0 Å². The van der Waals surface area contributed by atoms with Crippen LogP contribution in [0.4, 0.5) is 0 Å². The lowest BCUT2D eigenvalue weighted by Gasteiger charge is -2.10. The molecular formula is C22H27N. The average Bonchev–Trinajstić information content (AvgIpc) is 2.81. The molecule has 0 aliphatic heterocycles. The van der Waals surface area contributed by atoms with Gasteiger partial charge in [-0.1, -0.05) is 49.1 Å². The molecule has 1 heteroatoms. The van der Waals surface area contributed by atoms with Crippen molar-refractivity contribution in [3.63, 3.8) is 0 Å². The Hall–Kier alpha value is -2.02. The van der Waals surface area contributed by atoms with Crippen molar-refractivity contribution >= 4 is 21.8 Å². The molecule has 0 radical (unpaired) electrons. The summed E-state index contributed by atoms with van der Waals surface area (Å²) in [4.78, 5) is 0. The normalized spacial score (nSPS) is 11.4. The Morgan fingerprint density at radius 2 is 1.78 bits per heavy atom. The standard InChI is InChI=1S/C22H27N/c1-5-7-8-9-18-13-17(4)15-20-19-14-16(3)10-11-21(19)23(12-6-2)22(18)20/h6,10-11,13-15H,2,5,7-9,12H2,1,3-4H3. The van der Waals surface area contributed by atoms with Crippen LogP contribution in [-0.4, -0.2) is 4.57 Å². The molecule has 0 saturated carbocycles. The van der Waals surface area contributed by atoms with Gasteiger partial charge in [-0.25, -0.2) is 0 Å². The minimum atomic E-state index is 0.868. The van der Waals surface area contributed by atoms with Gasteiger partial charge in [0.15, 0.2) is 0 Å². The van der Waals surface area contributed by atoms with Gasteiger partial charge in [0, 0.05) is 22.8 Å². The lowest BCUT2D eigenvalue weighted by Crippen LogP contribution is -1.98. The van der Waals surface area contributed by atoms with Crippen LogP contribution in [0.15, 0.2) is 43.0 Å². The first-order valence-electron chi connectivity index (χ1n) is 8.78. The van der Waals surface area contributed by atoms with E-state index in [2.05, 4.69) is 62.2 Å². The van der Waals surface area contributed by atoms with Crippen molar-refractivity contribution in [3.8, 4) is 0 Å². The molecule has 3 aromatic rings. The summed E-state index contributed by atoms with van der Waals surface area (Å²) in [6.07, 6.45) is 7.01. The highest BCUT2D eigenvalue weighted by Crippen LogP contribution is 2.33. The van der Waals surface area contributed by atoms with E-state index in [9.17, 15) is 0 Å². The molecule has 0 amide bonds. The molecule has 0 aliphatic carbocycles. The molecule has 23 heavy (non-hydrogen) atoms. The van der Waals surface area contributed by atoms with E-state index in [-0.39, 0.29) is 0 Å². The van der Waals surface area contributed by atoms with Gasteiger partial charge >= 0.3 is 0 Å². The number of hydrogen-bond acceptors (Lipinski definition) is 0. The molecule has 0 N–H and O–H groups in total. The fraction of sp³-hybridized carbons (Fsp3) is 0.364. The monoisotopic (exact) mass is 305 g/mol. The highest BCUT2D eigenvalue weighted by atomic mass is 15.0. The van der Waals surface area contributed by atoms with Gasteiger partial charge in [-0.05, 0) is 50.5 Å². The Labute approximate surface area is 139 Å². The minimum absolute atomic E-state index is 0.868. The van der Waals surface area contributed by atoms with Gasteiger partial charge in [0.25, 0.3) is 0 Å². The van der Waals surface area contributed by atoms with Gasteiger partial charge in [-0.15, -0.1) is 6.58 Å². The Kier molecular flexibility index (Phi) is 4.56. The Morgan fingerprint density at radius 1 is 1.00 bits per heavy atom. The van der Waals surface area contributed by atoms with Crippen LogP contribution in [0.2, 0.25) is 0 Å². The van der Waals surface area contributed by atoms with Gasteiger partial charge in [0.2, 0.25) is 0 Å². The molecule has 0 atom stereocenters. The summed E-state index contributed by atoms with van der Waals surface area (Å²) >= 11 is 0. The molecule has 1 aromatic heterocycles. The van der Waals surface area contributed by atoms with Crippen molar-refractivity contribution in [1.82, 2.24) is 4.57 Å². The number of benzene rings is 2. The topological polar surface area (TPSA) is 4.93 Å². The third kappa shape index (κ3) is 2.93. The van der Waals surface area contributed by atoms with E-state index in [1.54, 1.807) is 0 Å². The summed E-state index contributed by atoms with van der Waals surface area (Å²) in [7, 11) is 0. The van der Waals surface area contributed by atoms with E-state index < -0.39 is 0 Å². The Bertz CT molecular complexity index is 851. The van der Waals surface area contributed by atoms with Crippen LogP contribution in [-0.2, 0) is 13.0 Å². The number of hydrogen-bond donors (Lipinski definition) is 0. The summed E-state index contributed by atoms with van der Waals surface area (Å²) in [5, 5.41) is 2.78. The fourth-order valence-corrected chi connectivity index (χ4v) is 3.67. The van der Waals surface area contributed by atoms with Gasteiger partial charge in [-0.3, -0.25) is 0 Å². The van der Waals surface area contributed by atoms with Crippen molar-refractivity contribution in [2.45, 2.75) is 53.0 Å². The number of unbranched alkanes of at least 4 members (excludes halogenated alkanes) is 2. The second kappa shape index (κ2) is 6.62. The fourth-order valence-electron chi connectivity index (χ4n) is 3.67. The largest absolute Gasteiger partial charge is 0.336 e. The van der Waals surface area contributed by atoms with E-state index in [0.29, 0.717) is 0 Å². The zero-order valence-electron chi connectivity index (χ0n) is 14.7. The van der Waals surface area contributed by atoms with Gasteiger partial charge in [-0.2, -0.15) is 0 Å². The van der Waals surface area contributed by atoms with Crippen LogP contribution in [0.25, 0.3) is 21.8 Å². The van der Waals surface area contributed by atoms with Gasteiger partial charge < -0.3 is 4.57 Å². The summed E-state index contributed by atoms with van der Waals surface area (Å²) in [5.41, 5.74) is 6.91. The number of fused-ring (bicyclic) bond motifs is 3. The van der Waals surface area contributed by atoms with Crippen molar-refractivity contribution in [1.29, 1.82) is 0 Å². The van der Waals surface area contributed by atoms with E-state index >= 15 is 0 Å². The first-order valence-corrected chi connectivity index (χ1v) is 8.78. The maximum atomic E-state index is 3.97. The average molecular weight is 305 g/mol. The Morgan fingerprint density at radius 3 is 2.52 bits per heavy atom. The molecule has 0 aliphatic rings. The molecule has 0 fully saturated rings. The van der Waals surface area contributed by atoms with Crippen LogP contribution >= 0.6 is 0 Å². The maximum Gasteiger partial charge on any atom is 0.0527 e. The molecule has 3 rings (SSSR count). The van der Waals surface area contributed by atoms with E-state index in [4.69, 9.17) is 0 Å². The number of nitrogens with zero attached hydrogens (tertiary/aromatic N) is 1. The first-order chi connectivity index (χ1) is 11.2. The molecular weight excluding hydrogens is 278 g/mol. The van der Waals surface area contributed by atoms with Gasteiger partial charge in [0.1, 0.15) is 0 Å². The highest BCUT2D eigenvalue weighted by molar-refractivity contribution is 6.09. The highest BCUT2D eigenvalue weighted by Gasteiger charge is 2.14. The van der Waals surface area contributed by atoms with Crippen LogP contribution in [0.5, 0.6) is 0 Å². The second-order valence-electron chi connectivity index (χ2n) is 6.70. The minimum Gasteiger partial charge on any atom is -0.336 e. The number of rotatable bonds is 6. The van der Waals surface area contributed by atoms with Crippen molar-refractivity contribution in [3.05, 3.63) is 59.7 Å². The Balaban J connectivity index is 2.30. The predicted molar refractivity (Wildman–Crippen MR) is 102 cm³/mol. The van der Waals surface area contributed by atoms with E-state index in [1.807, 2.05) is 6.08 Å². The SMILES string of the molecule is C=CCn1c2ccc(C)cc2c2cc(C)cc(CCCCC)c21. The van der Waals surface area contributed by atoms with Gasteiger partial charge in [0.05, 0.1) is 5.52 Å². The lowest BCUT2D eigenvalue weighted by atomic mass is 10.0. The van der Waals surface area contributed by atoms with Crippen LogP contribution in [0.3, 0.4) is 0 Å². The molecule has 1 heterocycles. The zero-order chi connectivity index (χ0) is 16.4. The maximum absolute atomic E-state index is 3.97. The predicted octanol–water partition coefficient (Wildman–Crippen LogP) is 6.33. The number of aromatic nitrogens is 1. The third-order valence-electron chi connectivity index (χ3n) is 4.70. The summed E-state index contributed by atoms with van der Waals surface area (Å²) in [5.74, 6) is 0. The van der Waals surface area contributed by atoms with E-state index in [1.165, 1.54) is 64.2 Å². The lowest BCUT2D eigenvalue weighted by molar-refractivity contribution is 0.717. The molecule has 2 aromatic carbocycles. The molecule has 1 nitrogen and oxygen atoms in total.